The molecule has 0 unspecified atom stereocenters. The Morgan fingerprint density at radius 3 is 2.46 bits per heavy atom. The van der Waals surface area contributed by atoms with Crippen molar-refractivity contribution in [3.63, 3.8) is 0 Å². The van der Waals surface area contributed by atoms with Crippen LogP contribution in [0, 0.1) is 0 Å². The fourth-order valence-electron chi connectivity index (χ4n) is 3.14. The van der Waals surface area contributed by atoms with E-state index >= 15 is 0 Å². The van der Waals surface area contributed by atoms with Crippen LogP contribution in [0.2, 0.25) is 0 Å². The van der Waals surface area contributed by atoms with Crippen LogP contribution in [0.25, 0.3) is 0 Å². The Morgan fingerprint density at radius 2 is 1.81 bits per heavy atom. The van der Waals surface area contributed by atoms with Gasteiger partial charge in [0.25, 0.3) is 0 Å². The first-order valence-corrected chi connectivity index (χ1v) is 9.80. The van der Waals surface area contributed by atoms with Crippen LogP contribution < -0.4 is 4.74 Å². The molecule has 0 amide bonds. The smallest absolute Gasteiger partial charge is 0.307 e. The molecule has 6 nitrogen and oxygen atoms in total. The predicted octanol–water partition coefficient (Wildman–Crippen LogP) is 2.89. The number of rotatable bonds is 6. The van der Waals surface area contributed by atoms with Crippen LogP contribution in [0.1, 0.15) is 30.5 Å². The Morgan fingerprint density at radius 1 is 1.12 bits per heavy atom. The second kappa shape index (κ2) is 7.47. The number of sulfonamides is 1. The SMILES string of the molecule is CCOC(=O)C[C@H]1c2ccccc2S(=O)(=O)N1Cc1ccc(OC)cc1. The summed E-state index contributed by atoms with van der Waals surface area (Å²) in [5.74, 6) is 0.286. The lowest BCUT2D eigenvalue weighted by Gasteiger charge is -2.23. The van der Waals surface area contributed by atoms with Crippen molar-refractivity contribution in [1.29, 1.82) is 0 Å². The molecule has 0 fully saturated rings. The second-order valence-electron chi connectivity index (χ2n) is 5.96. The first-order valence-electron chi connectivity index (χ1n) is 8.36. The molecule has 138 valence electrons. The highest BCUT2D eigenvalue weighted by Gasteiger charge is 2.43. The quantitative estimate of drug-likeness (QED) is 0.726. The molecule has 1 heterocycles. The molecule has 0 aliphatic carbocycles. The third kappa shape index (κ3) is 3.45. The summed E-state index contributed by atoms with van der Waals surface area (Å²) in [5.41, 5.74) is 1.45. The van der Waals surface area contributed by atoms with E-state index in [9.17, 15) is 13.2 Å². The zero-order chi connectivity index (χ0) is 18.7. The summed E-state index contributed by atoms with van der Waals surface area (Å²) in [6, 6.07) is 13.4. The molecule has 1 aliphatic rings. The van der Waals surface area contributed by atoms with Crippen LogP contribution in [-0.2, 0) is 26.1 Å². The van der Waals surface area contributed by atoms with Gasteiger partial charge in [-0.25, -0.2) is 8.42 Å². The summed E-state index contributed by atoms with van der Waals surface area (Å²) in [4.78, 5) is 12.3. The number of methoxy groups -OCH3 is 1. The van der Waals surface area contributed by atoms with Crippen molar-refractivity contribution < 1.29 is 22.7 Å². The molecule has 26 heavy (non-hydrogen) atoms. The van der Waals surface area contributed by atoms with E-state index < -0.39 is 22.0 Å². The van der Waals surface area contributed by atoms with Gasteiger partial charge in [-0.15, -0.1) is 0 Å². The summed E-state index contributed by atoms with van der Waals surface area (Å²) in [6.45, 7) is 2.16. The van der Waals surface area contributed by atoms with E-state index in [1.807, 2.05) is 12.1 Å². The Labute approximate surface area is 153 Å². The number of esters is 1. The Bertz CT molecular complexity index is 892. The van der Waals surface area contributed by atoms with E-state index in [0.717, 1.165) is 5.56 Å². The lowest BCUT2D eigenvalue weighted by Crippen LogP contribution is -2.29. The molecule has 0 saturated heterocycles. The first kappa shape index (κ1) is 18.4. The summed E-state index contributed by atoms with van der Waals surface area (Å²) in [7, 11) is -2.10. The molecular formula is C19H21NO5S. The number of benzene rings is 2. The fourth-order valence-corrected chi connectivity index (χ4v) is 4.98. The summed E-state index contributed by atoms with van der Waals surface area (Å²) in [6.07, 6.45) is -0.0137. The van der Waals surface area contributed by atoms with E-state index in [0.29, 0.717) is 11.3 Å². The van der Waals surface area contributed by atoms with Crippen LogP contribution in [0.5, 0.6) is 5.75 Å². The van der Waals surface area contributed by atoms with Crippen LogP contribution >= 0.6 is 0 Å². The van der Waals surface area contributed by atoms with Crippen molar-refractivity contribution in [3.8, 4) is 5.75 Å². The molecule has 2 aromatic rings. The highest BCUT2D eigenvalue weighted by molar-refractivity contribution is 7.89. The van der Waals surface area contributed by atoms with Crippen molar-refractivity contribution in [2.45, 2.75) is 30.8 Å². The number of ether oxygens (including phenoxy) is 2. The molecule has 0 spiro atoms. The topological polar surface area (TPSA) is 72.9 Å². The number of nitrogens with zero attached hydrogens (tertiary/aromatic N) is 1. The van der Waals surface area contributed by atoms with Gasteiger partial charge in [0.15, 0.2) is 0 Å². The van der Waals surface area contributed by atoms with Gasteiger partial charge in [-0.1, -0.05) is 30.3 Å². The Balaban J connectivity index is 1.95. The van der Waals surface area contributed by atoms with E-state index in [1.165, 1.54) is 4.31 Å². The number of carbonyl (C=O) groups excluding carboxylic acids is 1. The third-order valence-electron chi connectivity index (χ3n) is 4.38. The Kier molecular flexibility index (Phi) is 5.29. The van der Waals surface area contributed by atoms with Gasteiger partial charge in [0.05, 0.1) is 31.1 Å². The van der Waals surface area contributed by atoms with Gasteiger partial charge in [0.2, 0.25) is 10.0 Å². The number of fused-ring (bicyclic) bond motifs is 1. The van der Waals surface area contributed by atoms with Gasteiger partial charge in [-0.2, -0.15) is 4.31 Å². The minimum absolute atomic E-state index is 0.0137. The fraction of sp³-hybridized carbons (Fsp3) is 0.316. The summed E-state index contributed by atoms with van der Waals surface area (Å²) < 4.78 is 37.6. The number of hydrogen-bond acceptors (Lipinski definition) is 5. The van der Waals surface area contributed by atoms with E-state index in [-0.39, 0.29) is 24.5 Å². The number of hydrogen-bond donors (Lipinski definition) is 0. The maximum Gasteiger partial charge on any atom is 0.307 e. The third-order valence-corrected chi connectivity index (χ3v) is 6.30. The van der Waals surface area contributed by atoms with Gasteiger partial charge >= 0.3 is 5.97 Å². The maximum absolute atomic E-state index is 13.0. The molecule has 2 aromatic carbocycles. The van der Waals surface area contributed by atoms with E-state index in [1.54, 1.807) is 50.4 Å². The molecule has 0 N–H and O–H groups in total. The van der Waals surface area contributed by atoms with Crippen molar-refractivity contribution >= 4 is 16.0 Å². The predicted molar refractivity (Wildman–Crippen MR) is 96.2 cm³/mol. The zero-order valence-electron chi connectivity index (χ0n) is 14.7. The average molecular weight is 375 g/mol. The lowest BCUT2D eigenvalue weighted by atomic mass is 10.0. The Hall–Kier alpha value is -2.38. The van der Waals surface area contributed by atoms with E-state index in [4.69, 9.17) is 9.47 Å². The molecule has 0 saturated carbocycles. The van der Waals surface area contributed by atoms with Crippen LogP contribution in [0.3, 0.4) is 0 Å². The molecule has 1 aliphatic heterocycles. The van der Waals surface area contributed by atoms with Crippen molar-refractivity contribution in [1.82, 2.24) is 4.31 Å². The lowest BCUT2D eigenvalue weighted by molar-refractivity contribution is -0.144. The molecule has 0 aromatic heterocycles. The minimum Gasteiger partial charge on any atom is -0.497 e. The molecule has 0 radical (unpaired) electrons. The van der Waals surface area contributed by atoms with Crippen LogP contribution in [-0.4, -0.2) is 32.4 Å². The standard InChI is InChI=1S/C19H21NO5S/c1-3-25-19(21)12-17-16-6-4-5-7-18(16)26(22,23)20(17)13-14-8-10-15(24-2)11-9-14/h4-11,17H,3,12-13H2,1-2H3/t17-/m0/s1. The normalized spacial score (nSPS) is 18.3. The largest absolute Gasteiger partial charge is 0.497 e. The molecule has 0 bridgehead atoms. The molecular weight excluding hydrogens is 354 g/mol. The van der Waals surface area contributed by atoms with Gasteiger partial charge in [0, 0.05) is 6.54 Å². The number of carbonyl (C=O) groups is 1. The van der Waals surface area contributed by atoms with Crippen LogP contribution in [0.15, 0.2) is 53.4 Å². The van der Waals surface area contributed by atoms with Crippen molar-refractivity contribution in [2.24, 2.45) is 0 Å². The summed E-state index contributed by atoms with van der Waals surface area (Å²) >= 11 is 0. The highest BCUT2D eigenvalue weighted by atomic mass is 32.2. The van der Waals surface area contributed by atoms with Gasteiger partial charge in [-0.05, 0) is 36.2 Å². The average Bonchev–Trinajstić information content (AvgIpc) is 2.84. The van der Waals surface area contributed by atoms with Crippen LogP contribution in [0.4, 0.5) is 0 Å². The first-order chi connectivity index (χ1) is 12.5. The molecule has 7 heteroatoms. The molecule has 3 rings (SSSR count). The van der Waals surface area contributed by atoms with E-state index in [2.05, 4.69) is 0 Å². The highest BCUT2D eigenvalue weighted by Crippen LogP contribution is 2.42. The minimum atomic E-state index is -3.68. The van der Waals surface area contributed by atoms with Crippen molar-refractivity contribution in [3.05, 3.63) is 59.7 Å². The monoisotopic (exact) mass is 375 g/mol. The summed E-state index contributed by atoms with van der Waals surface area (Å²) in [5, 5.41) is 0. The maximum atomic E-state index is 13.0. The molecule has 1 atom stereocenters. The zero-order valence-corrected chi connectivity index (χ0v) is 15.5. The van der Waals surface area contributed by atoms with Crippen molar-refractivity contribution in [2.75, 3.05) is 13.7 Å². The van der Waals surface area contributed by atoms with Gasteiger partial charge in [0.1, 0.15) is 5.75 Å². The van der Waals surface area contributed by atoms with Gasteiger partial charge in [-0.3, -0.25) is 4.79 Å². The second-order valence-corrected chi connectivity index (χ2v) is 7.82. The van der Waals surface area contributed by atoms with Gasteiger partial charge < -0.3 is 9.47 Å².